The number of nitrogens with one attached hydrogen (secondary N) is 3. The van der Waals surface area contributed by atoms with E-state index in [0.717, 1.165) is 140 Å². The summed E-state index contributed by atoms with van der Waals surface area (Å²) >= 11 is 0. The van der Waals surface area contributed by atoms with E-state index in [1.807, 2.05) is 162 Å². The zero-order valence-corrected chi connectivity index (χ0v) is 50.7. The van der Waals surface area contributed by atoms with Crippen molar-refractivity contribution in [3.05, 3.63) is 215 Å². The summed E-state index contributed by atoms with van der Waals surface area (Å²) in [6, 6.07) is 29.5. The van der Waals surface area contributed by atoms with Gasteiger partial charge in [-0.1, -0.05) is 58.7 Å². The van der Waals surface area contributed by atoms with Gasteiger partial charge in [0.2, 0.25) is 0 Å². The van der Waals surface area contributed by atoms with E-state index in [9.17, 15) is 29.7 Å². The molecular formula is C72H81N15O6. The molecule has 480 valence electrons. The number of aliphatic hydroxyl groups is 3. The van der Waals surface area contributed by atoms with E-state index in [2.05, 4.69) is 46.2 Å². The normalized spacial score (nSPS) is 14.3. The van der Waals surface area contributed by atoms with Crippen LogP contribution < -0.4 is 16.0 Å². The predicted molar refractivity (Wildman–Crippen MR) is 361 cm³/mol. The Morgan fingerprint density at radius 1 is 0.398 bits per heavy atom. The highest BCUT2D eigenvalue weighted by Crippen LogP contribution is 2.31. The van der Waals surface area contributed by atoms with E-state index >= 15 is 0 Å². The number of hydrogen-bond donors (Lipinski definition) is 6. The smallest absolute Gasteiger partial charge is 0.251 e. The maximum Gasteiger partial charge on any atom is 0.251 e. The quantitative estimate of drug-likeness (QED) is 0.0560. The molecule has 3 saturated carbocycles. The van der Waals surface area contributed by atoms with Crippen LogP contribution in [0.25, 0.3) is 67.8 Å². The van der Waals surface area contributed by atoms with Crippen molar-refractivity contribution >= 4 is 34.7 Å². The Balaban J connectivity index is 0.000000150. The van der Waals surface area contributed by atoms with Crippen LogP contribution in [-0.2, 0) is 0 Å². The Labute approximate surface area is 540 Å². The third kappa shape index (κ3) is 14.3. The van der Waals surface area contributed by atoms with Crippen molar-refractivity contribution in [3.8, 4) is 50.8 Å². The number of aromatic nitrogens is 12. The minimum absolute atomic E-state index is 0. The van der Waals surface area contributed by atoms with Gasteiger partial charge in [-0.2, -0.15) is 15.3 Å². The molecule has 3 fully saturated rings. The number of carbonyl (C=O) groups excluding carboxylic acids is 3. The number of pyridine rings is 3. The third-order valence-electron chi connectivity index (χ3n) is 16.6. The lowest BCUT2D eigenvalue weighted by molar-refractivity contribution is 0.0942. The highest BCUT2D eigenvalue weighted by Gasteiger charge is 2.27. The van der Waals surface area contributed by atoms with Gasteiger partial charge in [0, 0.05) is 88.7 Å². The molecule has 21 heteroatoms. The second-order valence-corrected chi connectivity index (χ2v) is 23.8. The van der Waals surface area contributed by atoms with Gasteiger partial charge in [-0.15, -0.1) is 0 Å². The standard InChI is InChI=1S/3C23H23N5O2.3CH4/c3*1-14-3-4-16(23(30)26-19-6-7-19)9-20(14)18-10-25-28(13-18)22-11-24-21-8-5-17(15(2)29)12-27(21)22;;;/h3*3-5,8-13,15,19,29H,6-7H2,1-2H3,(H,26,30);3*1H4. The van der Waals surface area contributed by atoms with Crippen molar-refractivity contribution in [2.45, 2.75) is 139 Å². The van der Waals surface area contributed by atoms with Gasteiger partial charge in [0.1, 0.15) is 16.9 Å². The first-order valence-electron chi connectivity index (χ1n) is 30.3. The van der Waals surface area contributed by atoms with Crippen molar-refractivity contribution in [2.24, 2.45) is 0 Å². The summed E-state index contributed by atoms with van der Waals surface area (Å²) in [5.74, 6) is 2.24. The van der Waals surface area contributed by atoms with Crippen LogP contribution in [0.4, 0.5) is 0 Å². The number of rotatable bonds is 15. The van der Waals surface area contributed by atoms with Crippen LogP contribution in [0.15, 0.2) is 165 Å². The SMILES string of the molecule is C.C.C.Cc1ccc(C(=O)NC2CC2)cc1-c1cnn(-c2cnc3ccc(C(C)O)cn23)c1.Cc1ccc(C(=O)NC2CC2)cc1-c1cnn(-c2cnc3ccc(C(C)O)cn23)c1.Cc1ccc(C(=O)NC2CC2)cc1-c1cnn(-c2cnc3ccc(C(C)O)cn23)c1. The number of fused-ring (bicyclic) bond motifs is 3. The molecule has 0 radical (unpaired) electrons. The molecule has 0 aliphatic heterocycles. The van der Waals surface area contributed by atoms with E-state index < -0.39 is 18.3 Å². The molecule has 12 aromatic rings. The zero-order chi connectivity index (χ0) is 62.5. The van der Waals surface area contributed by atoms with E-state index in [1.54, 1.807) is 72.0 Å². The molecule has 3 unspecified atom stereocenters. The van der Waals surface area contributed by atoms with E-state index in [-0.39, 0.29) is 40.0 Å². The number of hydrogen-bond acceptors (Lipinski definition) is 12. The van der Waals surface area contributed by atoms with Crippen molar-refractivity contribution < 1.29 is 29.7 Å². The van der Waals surface area contributed by atoms with Crippen molar-refractivity contribution in [1.82, 2.24) is 73.4 Å². The lowest BCUT2D eigenvalue weighted by Gasteiger charge is -2.08. The molecule has 3 aliphatic carbocycles. The van der Waals surface area contributed by atoms with Crippen LogP contribution in [0.3, 0.4) is 0 Å². The van der Waals surface area contributed by atoms with Crippen LogP contribution in [0.2, 0.25) is 0 Å². The molecule has 3 aromatic carbocycles. The summed E-state index contributed by atoms with van der Waals surface area (Å²) in [4.78, 5) is 50.7. The molecule has 21 nitrogen and oxygen atoms in total. The molecule has 3 aliphatic rings. The molecular weight excluding hydrogens is 1170 g/mol. The summed E-state index contributed by atoms with van der Waals surface area (Å²) in [6.07, 6.45) is 26.7. The zero-order valence-electron chi connectivity index (χ0n) is 50.7. The summed E-state index contributed by atoms with van der Waals surface area (Å²) in [5, 5.41) is 52.4. The fraction of sp³-hybridized carbons (Fsp3) is 0.292. The summed E-state index contributed by atoms with van der Waals surface area (Å²) in [7, 11) is 0. The lowest BCUT2D eigenvalue weighted by Crippen LogP contribution is -2.25. The van der Waals surface area contributed by atoms with Gasteiger partial charge in [-0.05, 0) is 185 Å². The van der Waals surface area contributed by atoms with Crippen LogP contribution in [0, 0.1) is 20.8 Å². The Hall–Kier alpha value is -10.4. The molecule has 0 spiro atoms. The maximum absolute atomic E-state index is 12.5. The molecule has 6 N–H and O–H groups in total. The number of nitrogens with zero attached hydrogens (tertiary/aromatic N) is 12. The average molecular weight is 1250 g/mol. The fourth-order valence-electron chi connectivity index (χ4n) is 10.7. The highest BCUT2D eigenvalue weighted by molar-refractivity contribution is 5.97. The molecule has 93 heavy (non-hydrogen) atoms. The Bertz CT molecular complexity index is 4220. The summed E-state index contributed by atoms with van der Waals surface area (Å²) < 4.78 is 11.0. The molecule has 0 saturated heterocycles. The fourth-order valence-corrected chi connectivity index (χ4v) is 10.7. The van der Waals surface area contributed by atoms with Gasteiger partial charge in [0.15, 0.2) is 17.5 Å². The summed E-state index contributed by atoms with van der Waals surface area (Å²) in [6.45, 7) is 11.3. The first-order valence-corrected chi connectivity index (χ1v) is 30.3. The minimum Gasteiger partial charge on any atom is -0.389 e. The van der Waals surface area contributed by atoms with Gasteiger partial charge in [0.05, 0.1) is 55.5 Å². The van der Waals surface area contributed by atoms with Crippen LogP contribution >= 0.6 is 0 Å². The molecule has 0 bridgehead atoms. The van der Waals surface area contributed by atoms with Crippen molar-refractivity contribution in [3.63, 3.8) is 0 Å². The monoisotopic (exact) mass is 1250 g/mol. The lowest BCUT2D eigenvalue weighted by atomic mass is 10.0. The average Bonchev–Trinajstić information content (AvgIpc) is 1.67. The largest absolute Gasteiger partial charge is 0.389 e. The first-order chi connectivity index (χ1) is 43.5. The van der Waals surface area contributed by atoms with Gasteiger partial charge >= 0.3 is 0 Å². The van der Waals surface area contributed by atoms with E-state index in [1.165, 1.54) is 0 Å². The molecule has 9 aromatic heterocycles. The number of aryl methyl sites for hydroxylation is 3. The predicted octanol–water partition coefficient (Wildman–Crippen LogP) is 12.2. The first kappa shape index (κ1) is 65.6. The molecule has 3 amide bonds. The van der Waals surface area contributed by atoms with Crippen molar-refractivity contribution in [1.29, 1.82) is 0 Å². The Morgan fingerprint density at radius 3 is 0.914 bits per heavy atom. The number of carbonyl (C=O) groups is 3. The second-order valence-electron chi connectivity index (χ2n) is 23.8. The van der Waals surface area contributed by atoms with Gasteiger partial charge < -0.3 is 31.3 Å². The Morgan fingerprint density at radius 2 is 0.667 bits per heavy atom. The third-order valence-corrected chi connectivity index (χ3v) is 16.6. The number of imidazole rings is 3. The minimum atomic E-state index is -0.565. The number of aliphatic hydroxyl groups excluding tert-OH is 3. The molecule has 9 heterocycles. The van der Waals surface area contributed by atoms with Gasteiger partial charge in [-0.25, -0.2) is 29.0 Å². The molecule has 3 atom stereocenters. The van der Waals surface area contributed by atoms with Crippen LogP contribution in [0.1, 0.15) is 164 Å². The number of benzene rings is 3. The maximum atomic E-state index is 12.5. The van der Waals surface area contributed by atoms with Gasteiger partial charge in [0.25, 0.3) is 17.7 Å². The Kier molecular flexibility index (Phi) is 19.2. The molecule has 15 rings (SSSR count). The highest BCUT2D eigenvalue weighted by atomic mass is 16.3. The van der Waals surface area contributed by atoms with E-state index in [4.69, 9.17) is 0 Å². The van der Waals surface area contributed by atoms with Crippen LogP contribution in [0.5, 0.6) is 0 Å². The van der Waals surface area contributed by atoms with E-state index in [0.29, 0.717) is 34.8 Å². The van der Waals surface area contributed by atoms with Crippen LogP contribution in [-0.4, -0.2) is 109 Å². The second kappa shape index (κ2) is 27.2. The van der Waals surface area contributed by atoms with Gasteiger partial charge in [-0.3, -0.25) is 27.6 Å². The summed E-state index contributed by atoms with van der Waals surface area (Å²) in [5.41, 5.74) is 15.7. The van der Waals surface area contributed by atoms with Crippen molar-refractivity contribution in [2.75, 3.05) is 0 Å². The number of amides is 3. The topological polar surface area (TPSA) is 253 Å².